The van der Waals surface area contributed by atoms with Crippen LogP contribution in [0.5, 0.6) is 0 Å². The van der Waals surface area contributed by atoms with E-state index in [1.165, 1.54) is 0 Å². The van der Waals surface area contributed by atoms with Gasteiger partial charge in [0.25, 0.3) is 5.91 Å². The second-order valence-corrected chi connectivity index (χ2v) is 6.46. The van der Waals surface area contributed by atoms with Gasteiger partial charge in [-0.05, 0) is 35.8 Å². The third-order valence-electron chi connectivity index (χ3n) is 5.37. The van der Waals surface area contributed by atoms with Crippen LogP contribution in [-0.2, 0) is 0 Å². The minimum Gasteiger partial charge on any atom is -0.386 e. The smallest absolute Gasteiger partial charge is 0.259 e. The van der Waals surface area contributed by atoms with Crippen LogP contribution in [0.15, 0.2) is 60.7 Å². The van der Waals surface area contributed by atoms with Crippen molar-refractivity contribution in [2.24, 2.45) is 0 Å². The molecular formula is C20H15NO2. The van der Waals surface area contributed by atoms with Crippen LogP contribution in [0, 0.1) is 0 Å². The molecule has 0 saturated carbocycles. The van der Waals surface area contributed by atoms with E-state index in [1.54, 1.807) is 4.90 Å². The molecule has 0 saturated heterocycles. The van der Waals surface area contributed by atoms with Crippen LogP contribution >= 0.6 is 0 Å². The van der Waals surface area contributed by atoms with Crippen LogP contribution < -0.4 is 0 Å². The predicted octanol–water partition coefficient (Wildman–Crippen LogP) is 3.39. The van der Waals surface area contributed by atoms with Crippen molar-refractivity contribution in [2.45, 2.75) is 18.6 Å². The molecule has 1 N–H and O–H groups in total. The van der Waals surface area contributed by atoms with Crippen LogP contribution in [0.3, 0.4) is 0 Å². The number of nitrogens with zero attached hydrogens (tertiary/aromatic N) is 1. The van der Waals surface area contributed by atoms with E-state index >= 15 is 0 Å². The molecule has 0 spiro atoms. The Hall–Kier alpha value is -2.65. The first kappa shape index (κ1) is 12.9. The highest BCUT2D eigenvalue weighted by Gasteiger charge is 2.56. The van der Waals surface area contributed by atoms with Crippen molar-refractivity contribution < 1.29 is 9.90 Å². The van der Waals surface area contributed by atoms with Gasteiger partial charge < -0.3 is 5.11 Å². The largest absolute Gasteiger partial charge is 0.386 e. The lowest BCUT2D eigenvalue weighted by molar-refractivity contribution is 0.0425. The summed E-state index contributed by atoms with van der Waals surface area (Å²) in [6.45, 7) is 1.96. The highest BCUT2D eigenvalue weighted by Crippen LogP contribution is 2.56. The summed E-state index contributed by atoms with van der Waals surface area (Å²) in [5.41, 5.74) is 4.69. The van der Waals surface area contributed by atoms with E-state index < -0.39 is 11.6 Å². The first-order valence-electron chi connectivity index (χ1n) is 7.78. The fourth-order valence-electron chi connectivity index (χ4n) is 4.24. The number of hydrogen-bond acceptors (Lipinski definition) is 2. The number of amides is 1. The molecule has 1 aliphatic carbocycles. The van der Waals surface area contributed by atoms with E-state index in [-0.39, 0.29) is 5.91 Å². The fourth-order valence-corrected chi connectivity index (χ4v) is 4.24. The van der Waals surface area contributed by atoms with Crippen molar-refractivity contribution in [1.29, 1.82) is 0 Å². The van der Waals surface area contributed by atoms with Crippen molar-refractivity contribution >= 4 is 17.2 Å². The first-order chi connectivity index (χ1) is 11.1. The molecule has 2 atom stereocenters. The molecule has 23 heavy (non-hydrogen) atoms. The van der Waals surface area contributed by atoms with Gasteiger partial charge in [0.2, 0.25) is 0 Å². The predicted molar refractivity (Wildman–Crippen MR) is 88.4 cm³/mol. The topological polar surface area (TPSA) is 40.5 Å². The van der Waals surface area contributed by atoms with Crippen LogP contribution in [0.1, 0.15) is 40.1 Å². The van der Waals surface area contributed by atoms with Crippen molar-refractivity contribution in [3.05, 3.63) is 82.9 Å². The molecule has 112 valence electrons. The van der Waals surface area contributed by atoms with Crippen molar-refractivity contribution in [1.82, 2.24) is 4.90 Å². The van der Waals surface area contributed by atoms with Gasteiger partial charge in [-0.2, -0.15) is 0 Å². The Morgan fingerprint density at radius 1 is 0.957 bits per heavy atom. The van der Waals surface area contributed by atoms with Gasteiger partial charge >= 0.3 is 0 Å². The standard InChI is InChI=1S/C20H15NO2/c1-20-16(12-6-2-4-8-14(12)18(20)22)10-11-17-13-7-3-5-9-15(13)19(23)21(17)20/h2-11,18,22H,1H3/t18-,20-/m1/s1. The van der Waals surface area contributed by atoms with Crippen LogP contribution in [0.25, 0.3) is 11.3 Å². The highest BCUT2D eigenvalue weighted by molar-refractivity contribution is 6.12. The lowest BCUT2D eigenvalue weighted by Gasteiger charge is -2.42. The summed E-state index contributed by atoms with van der Waals surface area (Å²) >= 11 is 0. The molecule has 0 radical (unpaired) electrons. The molecular weight excluding hydrogens is 286 g/mol. The summed E-state index contributed by atoms with van der Waals surface area (Å²) in [6, 6.07) is 15.5. The molecule has 2 aromatic carbocycles. The quantitative estimate of drug-likeness (QED) is 0.810. The summed E-state index contributed by atoms with van der Waals surface area (Å²) in [5, 5.41) is 11.0. The van der Waals surface area contributed by atoms with Gasteiger partial charge in [-0.1, -0.05) is 48.5 Å². The third-order valence-corrected chi connectivity index (χ3v) is 5.37. The lowest BCUT2D eigenvalue weighted by Crippen LogP contribution is -2.49. The molecule has 3 aliphatic rings. The maximum Gasteiger partial charge on any atom is 0.259 e. The molecule has 5 rings (SSSR count). The molecule has 3 nitrogen and oxygen atoms in total. The van der Waals surface area contributed by atoms with E-state index in [0.29, 0.717) is 5.56 Å². The Balaban J connectivity index is 1.80. The van der Waals surface area contributed by atoms with Crippen LogP contribution in [0.2, 0.25) is 0 Å². The lowest BCUT2D eigenvalue weighted by atomic mass is 9.85. The summed E-state index contributed by atoms with van der Waals surface area (Å²) in [4.78, 5) is 14.8. The van der Waals surface area contributed by atoms with Gasteiger partial charge in [-0.3, -0.25) is 9.69 Å². The van der Waals surface area contributed by atoms with Crippen molar-refractivity contribution in [2.75, 3.05) is 0 Å². The summed E-state index contributed by atoms with van der Waals surface area (Å²) in [5.74, 6) is -0.0354. The molecule has 0 bridgehead atoms. The second kappa shape index (κ2) is 4.00. The van der Waals surface area contributed by atoms with Crippen molar-refractivity contribution in [3.63, 3.8) is 0 Å². The summed E-state index contributed by atoms with van der Waals surface area (Å²) in [6.07, 6.45) is 3.32. The summed E-state index contributed by atoms with van der Waals surface area (Å²) < 4.78 is 0. The van der Waals surface area contributed by atoms with E-state index in [0.717, 1.165) is 28.0 Å². The Bertz CT molecular complexity index is 940. The molecule has 2 aromatic rings. The van der Waals surface area contributed by atoms with E-state index in [4.69, 9.17) is 0 Å². The van der Waals surface area contributed by atoms with Gasteiger partial charge in [0, 0.05) is 11.1 Å². The number of fused-ring (bicyclic) bond motifs is 7. The minimum atomic E-state index is -0.760. The van der Waals surface area contributed by atoms with Gasteiger partial charge in [-0.15, -0.1) is 0 Å². The van der Waals surface area contributed by atoms with Gasteiger partial charge in [-0.25, -0.2) is 0 Å². The summed E-state index contributed by atoms with van der Waals surface area (Å²) in [7, 11) is 0. The van der Waals surface area contributed by atoms with Crippen LogP contribution in [-0.4, -0.2) is 21.5 Å². The van der Waals surface area contributed by atoms with Gasteiger partial charge in [0.05, 0.1) is 5.70 Å². The molecule has 2 aliphatic heterocycles. The highest BCUT2D eigenvalue weighted by atomic mass is 16.3. The zero-order chi connectivity index (χ0) is 15.8. The molecule has 0 unspecified atom stereocenters. The van der Waals surface area contributed by atoms with Crippen molar-refractivity contribution in [3.8, 4) is 0 Å². The zero-order valence-electron chi connectivity index (χ0n) is 12.7. The van der Waals surface area contributed by atoms with Gasteiger partial charge in [0.15, 0.2) is 0 Å². The fraction of sp³-hybridized carbons (Fsp3) is 0.150. The normalized spacial score (nSPS) is 27.0. The number of carbonyl (C=O) groups is 1. The van der Waals surface area contributed by atoms with E-state index in [2.05, 4.69) is 6.08 Å². The SMILES string of the molecule is C[C@]12C(=CC=C3c4ccccc4C(=O)N31)c1ccccc1[C@H]2O. The number of benzene rings is 2. The number of rotatable bonds is 0. The number of allylic oxidation sites excluding steroid dienone is 2. The molecule has 1 amide bonds. The average molecular weight is 301 g/mol. The molecule has 2 heterocycles. The Labute approximate surface area is 134 Å². The average Bonchev–Trinajstić information content (AvgIpc) is 3.00. The number of aliphatic hydroxyl groups is 1. The third kappa shape index (κ3) is 1.32. The number of aliphatic hydroxyl groups excluding tert-OH is 1. The first-order valence-corrected chi connectivity index (χ1v) is 7.78. The second-order valence-electron chi connectivity index (χ2n) is 6.46. The van der Waals surface area contributed by atoms with Gasteiger partial charge in [0.1, 0.15) is 11.6 Å². The maximum atomic E-state index is 13.0. The number of hydrogen-bond donors (Lipinski definition) is 1. The Morgan fingerprint density at radius 3 is 2.39 bits per heavy atom. The van der Waals surface area contributed by atoms with E-state index in [1.807, 2.05) is 61.5 Å². The minimum absolute atomic E-state index is 0.0354. The number of carbonyl (C=O) groups excluding carboxylic acids is 1. The van der Waals surface area contributed by atoms with E-state index in [9.17, 15) is 9.90 Å². The maximum absolute atomic E-state index is 13.0. The molecule has 3 heteroatoms. The monoisotopic (exact) mass is 301 g/mol. The van der Waals surface area contributed by atoms with Crippen LogP contribution in [0.4, 0.5) is 0 Å². The molecule has 0 fully saturated rings. The molecule has 0 aromatic heterocycles. The zero-order valence-corrected chi connectivity index (χ0v) is 12.7. The Kier molecular flexibility index (Phi) is 2.24. The Morgan fingerprint density at radius 2 is 1.61 bits per heavy atom.